The number of rotatable bonds is 7. The highest BCUT2D eigenvalue weighted by Gasteiger charge is 2.33. The summed E-state index contributed by atoms with van der Waals surface area (Å²) in [5.41, 5.74) is 3.48. The van der Waals surface area contributed by atoms with E-state index in [1.54, 1.807) is 18.3 Å². The maximum atomic E-state index is 12.2. The number of nitrogens with one attached hydrogen (secondary N) is 1. The molecule has 4 rings (SSSR count). The normalized spacial score (nSPS) is 14.8. The predicted molar refractivity (Wildman–Crippen MR) is 107 cm³/mol. The Hall–Kier alpha value is -3.33. The summed E-state index contributed by atoms with van der Waals surface area (Å²) < 4.78 is 16.3. The van der Waals surface area contributed by atoms with E-state index < -0.39 is 0 Å². The lowest BCUT2D eigenvalue weighted by Crippen LogP contribution is -2.48. The number of carbonyl (C=O) groups excluding carboxylic acids is 1. The molecule has 30 heavy (non-hydrogen) atoms. The molecule has 0 aromatic carbocycles. The van der Waals surface area contributed by atoms with Gasteiger partial charge in [-0.1, -0.05) is 12.1 Å². The summed E-state index contributed by atoms with van der Waals surface area (Å²) in [6, 6.07) is 7.05. The van der Waals surface area contributed by atoms with Crippen LogP contribution in [0.4, 0.5) is 0 Å². The Morgan fingerprint density at radius 1 is 1.20 bits per heavy atom. The largest absolute Gasteiger partial charge is 0.472 e. The van der Waals surface area contributed by atoms with Crippen LogP contribution in [0.15, 0.2) is 35.0 Å². The van der Waals surface area contributed by atoms with Crippen molar-refractivity contribution in [2.24, 2.45) is 5.41 Å². The number of aryl methyl sites for hydroxylation is 2. The Morgan fingerprint density at radius 3 is 2.67 bits per heavy atom. The summed E-state index contributed by atoms with van der Waals surface area (Å²) >= 11 is 0. The van der Waals surface area contributed by atoms with Crippen molar-refractivity contribution in [3.8, 4) is 17.1 Å². The Labute approximate surface area is 173 Å². The molecule has 3 aromatic rings. The van der Waals surface area contributed by atoms with Crippen LogP contribution >= 0.6 is 0 Å². The first kappa shape index (κ1) is 20.0. The van der Waals surface area contributed by atoms with E-state index in [0.717, 1.165) is 16.8 Å². The van der Waals surface area contributed by atoms with Gasteiger partial charge in [0, 0.05) is 35.5 Å². The van der Waals surface area contributed by atoms with Gasteiger partial charge in [0.1, 0.15) is 18.1 Å². The molecule has 1 saturated heterocycles. The second kappa shape index (κ2) is 8.19. The van der Waals surface area contributed by atoms with Crippen molar-refractivity contribution >= 4 is 5.91 Å². The van der Waals surface area contributed by atoms with Gasteiger partial charge in [0.2, 0.25) is 5.88 Å². The number of amides is 1. The zero-order valence-corrected chi connectivity index (χ0v) is 17.1. The van der Waals surface area contributed by atoms with Gasteiger partial charge >= 0.3 is 0 Å². The van der Waals surface area contributed by atoms with Crippen LogP contribution in [-0.2, 0) is 11.3 Å². The van der Waals surface area contributed by atoms with Crippen molar-refractivity contribution in [1.29, 1.82) is 0 Å². The zero-order valence-electron chi connectivity index (χ0n) is 17.1. The van der Waals surface area contributed by atoms with E-state index in [9.17, 15) is 4.79 Å². The first-order valence-electron chi connectivity index (χ1n) is 9.64. The van der Waals surface area contributed by atoms with Gasteiger partial charge in [-0.3, -0.25) is 9.78 Å². The molecule has 1 aliphatic heterocycles. The highest BCUT2D eigenvalue weighted by molar-refractivity contribution is 5.92. The van der Waals surface area contributed by atoms with Crippen molar-refractivity contribution in [3.05, 3.63) is 53.2 Å². The third-order valence-corrected chi connectivity index (χ3v) is 4.98. The minimum absolute atomic E-state index is 0.00664. The monoisotopic (exact) mass is 409 g/mol. The number of hydrogen-bond donors (Lipinski definition) is 1. The van der Waals surface area contributed by atoms with Gasteiger partial charge in [-0.2, -0.15) is 0 Å². The predicted octanol–water partition coefficient (Wildman–Crippen LogP) is 2.49. The fourth-order valence-electron chi connectivity index (χ4n) is 3.00. The summed E-state index contributed by atoms with van der Waals surface area (Å²) in [6.07, 6.45) is 1.75. The van der Waals surface area contributed by atoms with E-state index in [-0.39, 0.29) is 23.6 Å². The molecule has 0 radical (unpaired) electrons. The lowest BCUT2D eigenvalue weighted by Gasteiger charge is -2.37. The molecule has 0 saturated carbocycles. The molecule has 9 heteroatoms. The van der Waals surface area contributed by atoms with E-state index in [4.69, 9.17) is 14.0 Å². The van der Waals surface area contributed by atoms with Gasteiger partial charge in [-0.25, -0.2) is 0 Å². The zero-order chi connectivity index (χ0) is 21.1. The second-order valence-corrected chi connectivity index (χ2v) is 7.79. The lowest BCUT2D eigenvalue weighted by atomic mass is 9.89. The maximum absolute atomic E-state index is 12.2. The summed E-state index contributed by atoms with van der Waals surface area (Å²) in [4.78, 5) is 16.5. The van der Waals surface area contributed by atoms with Gasteiger partial charge in [0.25, 0.3) is 5.91 Å². The van der Waals surface area contributed by atoms with Crippen LogP contribution in [-0.4, -0.2) is 46.0 Å². The molecule has 0 atom stereocenters. The molecule has 1 N–H and O–H groups in total. The molecule has 1 aliphatic rings. The molecule has 3 aromatic heterocycles. The fourth-order valence-corrected chi connectivity index (χ4v) is 3.00. The van der Waals surface area contributed by atoms with E-state index in [0.29, 0.717) is 37.1 Å². The first-order chi connectivity index (χ1) is 14.4. The highest BCUT2D eigenvalue weighted by atomic mass is 16.5. The van der Waals surface area contributed by atoms with E-state index in [1.165, 1.54) is 0 Å². The number of hydrogen-bond acceptors (Lipinski definition) is 8. The Balaban J connectivity index is 1.38. The van der Waals surface area contributed by atoms with Crippen molar-refractivity contribution in [2.45, 2.75) is 27.4 Å². The maximum Gasteiger partial charge on any atom is 0.271 e. The highest BCUT2D eigenvalue weighted by Crippen LogP contribution is 2.26. The topological polar surface area (TPSA) is 112 Å². The molecule has 0 spiro atoms. The number of carbonyl (C=O) groups is 1. The molecule has 4 heterocycles. The van der Waals surface area contributed by atoms with Crippen LogP contribution < -0.4 is 10.1 Å². The Bertz CT molecular complexity index is 1030. The van der Waals surface area contributed by atoms with Crippen molar-refractivity contribution < 1.29 is 18.8 Å². The smallest absolute Gasteiger partial charge is 0.271 e. The van der Waals surface area contributed by atoms with Gasteiger partial charge in [-0.15, -0.1) is 10.2 Å². The fraction of sp³-hybridized carbons (Fsp3) is 0.381. The first-order valence-corrected chi connectivity index (χ1v) is 9.64. The molecule has 1 amide bonds. The average molecular weight is 409 g/mol. The summed E-state index contributed by atoms with van der Waals surface area (Å²) in [7, 11) is 0. The quantitative estimate of drug-likeness (QED) is 0.633. The molecular weight excluding hydrogens is 386 g/mol. The molecule has 156 valence electrons. The Morgan fingerprint density at radius 2 is 2.03 bits per heavy atom. The van der Waals surface area contributed by atoms with Crippen molar-refractivity contribution in [3.63, 3.8) is 0 Å². The summed E-state index contributed by atoms with van der Waals surface area (Å²) in [6.45, 7) is 7.85. The number of nitrogens with zero attached hydrogens (tertiary/aromatic N) is 4. The van der Waals surface area contributed by atoms with Gasteiger partial charge in [-0.05, 0) is 32.0 Å². The minimum Gasteiger partial charge on any atom is -0.472 e. The number of ether oxygens (including phenoxy) is 2. The lowest BCUT2D eigenvalue weighted by molar-refractivity contribution is -0.0978. The van der Waals surface area contributed by atoms with E-state index in [2.05, 4.69) is 32.6 Å². The Kier molecular flexibility index (Phi) is 5.45. The van der Waals surface area contributed by atoms with Crippen LogP contribution in [0.25, 0.3) is 11.3 Å². The minimum atomic E-state index is -0.272. The number of aromatic nitrogens is 4. The summed E-state index contributed by atoms with van der Waals surface area (Å²) in [5, 5.41) is 15.0. The number of pyridine rings is 1. The van der Waals surface area contributed by atoms with Crippen molar-refractivity contribution in [1.82, 2.24) is 25.7 Å². The van der Waals surface area contributed by atoms with Crippen LogP contribution in [0.2, 0.25) is 0 Å². The van der Waals surface area contributed by atoms with Crippen LogP contribution in [0.1, 0.15) is 34.4 Å². The average Bonchev–Trinajstić information content (AvgIpc) is 3.10. The van der Waals surface area contributed by atoms with E-state index in [1.807, 2.05) is 26.0 Å². The van der Waals surface area contributed by atoms with Gasteiger partial charge in [0.05, 0.1) is 18.8 Å². The van der Waals surface area contributed by atoms with E-state index >= 15 is 0 Å². The third kappa shape index (κ3) is 4.30. The SMILES string of the molecule is Cc1ccc(-c2noc(C)c2COc2ccc(C(=O)NCC3(C)COC3)nn2)cn1. The van der Waals surface area contributed by atoms with Crippen LogP contribution in [0, 0.1) is 19.3 Å². The molecule has 9 nitrogen and oxygen atoms in total. The summed E-state index contributed by atoms with van der Waals surface area (Å²) in [5.74, 6) is 0.689. The molecule has 0 unspecified atom stereocenters. The van der Waals surface area contributed by atoms with Gasteiger partial charge in [0.15, 0.2) is 5.69 Å². The molecular formula is C21H23N5O4. The molecule has 0 aliphatic carbocycles. The molecule has 0 bridgehead atoms. The standard InChI is InChI=1S/C21H23N5O4/c1-13-4-5-15(8-22-13)19-16(14(2)30-26-19)9-29-18-7-6-17(24-25-18)20(27)23-10-21(3)11-28-12-21/h4-8H,9-12H2,1-3H3,(H,23,27). The van der Waals surface area contributed by atoms with Crippen LogP contribution in [0.5, 0.6) is 5.88 Å². The second-order valence-electron chi connectivity index (χ2n) is 7.79. The van der Waals surface area contributed by atoms with Gasteiger partial charge < -0.3 is 19.3 Å². The third-order valence-electron chi connectivity index (χ3n) is 4.98. The van der Waals surface area contributed by atoms with Crippen molar-refractivity contribution in [2.75, 3.05) is 19.8 Å². The van der Waals surface area contributed by atoms with Crippen LogP contribution in [0.3, 0.4) is 0 Å². The molecule has 1 fully saturated rings.